The Morgan fingerprint density at radius 1 is 1.08 bits per heavy atom. The molecule has 0 radical (unpaired) electrons. The second-order valence-corrected chi connectivity index (χ2v) is 8.54. The number of sulfone groups is 1. The van der Waals surface area contributed by atoms with Crippen LogP contribution in [0.15, 0.2) is 64.9 Å². The molecule has 0 atom stereocenters. The van der Waals surface area contributed by atoms with Crippen LogP contribution in [-0.2, 0) is 29.1 Å². The number of aromatic nitrogens is 4. The highest BCUT2D eigenvalue weighted by Gasteiger charge is 2.17. The predicted molar refractivity (Wildman–Crippen MR) is 97.0 cm³/mol. The lowest BCUT2D eigenvalue weighted by Crippen LogP contribution is -2.12. The van der Waals surface area contributed by atoms with Crippen molar-refractivity contribution in [2.75, 3.05) is 5.75 Å². The van der Waals surface area contributed by atoms with Crippen LogP contribution in [0.4, 0.5) is 0 Å². The van der Waals surface area contributed by atoms with Gasteiger partial charge in [0.1, 0.15) is 5.82 Å². The Morgan fingerprint density at radius 3 is 2.60 bits per heavy atom. The highest BCUT2D eigenvalue weighted by molar-refractivity contribution is 7.98. The quantitative estimate of drug-likeness (QED) is 0.592. The van der Waals surface area contributed by atoms with Crippen molar-refractivity contribution in [1.29, 1.82) is 0 Å². The van der Waals surface area contributed by atoms with Crippen molar-refractivity contribution in [3.05, 3.63) is 66.2 Å². The number of hydrogen-bond donors (Lipinski definition) is 0. The number of hydrogen-bond acceptors (Lipinski definition) is 6. The van der Waals surface area contributed by atoms with E-state index < -0.39 is 9.84 Å². The molecule has 2 aromatic heterocycles. The normalized spacial score (nSPS) is 11.6. The average molecular weight is 374 g/mol. The summed E-state index contributed by atoms with van der Waals surface area (Å²) in [5, 5.41) is 9.06. The molecule has 0 aliphatic heterocycles. The van der Waals surface area contributed by atoms with Crippen LogP contribution < -0.4 is 0 Å². The number of aryl methyl sites for hydroxylation is 1. The van der Waals surface area contributed by atoms with E-state index in [-0.39, 0.29) is 5.75 Å². The van der Waals surface area contributed by atoms with Gasteiger partial charge in [-0.2, -0.15) is 0 Å². The fourth-order valence-corrected chi connectivity index (χ4v) is 4.41. The maximum Gasteiger partial charge on any atom is 0.191 e. The monoisotopic (exact) mass is 374 g/mol. The Balaban J connectivity index is 1.63. The van der Waals surface area contributed by atoms with Crippen molar-refractivity contribution < 1.29 is 8.42 Å². The zero-order chi connectivity index (χ0) is 17.7. The van der Waals surface area contributed by atoms with Gasteiger partial charge in [-0.25, -0.2) is 8.42 Å². The Kier molecular flexibility index (Phi) is 5.50. The van der Waals surface area contributed by atoms with Gasteiger partial charge in [-0.15, -0.1) is 10.2 Å². The predicted octanol–water partition coefficient (Wildman–Crippen LogP) is 2.52. The standard InChI is InChI=1S/C17H18N4O2S2/c1-21-16(9-11-25(22,23)15-7-3-2-4-8-15)19-20-17(21)24-13-14-6-5-10-18-12-14/h2-8,10,12H,9,11,13H2,1H3. The zero-order valence-corrected chi connectivity index (χ0v) is 15.4. The van der Waals surface area contributed by atoms with E-state index in [2.05, 4.69) is 15.2 Å². The molecule has 0 bridgehead atoms. The molecule has 8 heteroatoms. The van der Waals surface area contributed by atoms with Gasteiger partial charge in [0, 0.05) is 31.6 Å². The number of pyridine rings is 1. The minimum Gasteiger partial charge on any atom is -0.309 e. The molecule has 0 amide bonds. The smallest absolute Gasteiger partial charge is 0.191 e. The molecule has 0 spiro atoms. The van der Waals surface area contributed by atoms with Crippen molar-refractivity contribution >= 4 is 21.6 Å². The van der Waals surface area contributed by atoms with Crippen molar-refractivity contribution in [2.24, 2.45) is 7.05 Å². The molecule has 0 N–H and O–H groups in total. The summed E-state index contributed by atoms with van der Waals surface area (Å²) >= 11 is 1.55. The van der Waals surface area contributed by atoms with Crippen LogP contribution in [0.2, 0.25) is 0 Å². The summed E-state index contributed by atoms with van der Waals surface area (Å²) in [6.07, 6.45) is 3.88. The summed E-state index contributed by atoms with van der Waals surface area (Å²) in [5.74, 6) is 1.41. The van der Waals surface area contributed by atoms with Crippen LogP contribution in [0.3, 0.4) is 0 Å². The average Bonchev–Trinajstić information content (AvgIpc) is 3.00. The molecule has 0 saturated carbocycles. The SMILES string of the molecule is Cn1c(CCS(=O)(=O)c2ccccc2)nnc1SCc1cccnc1. The Bertz CT molecular complexity index is 926. The second kappa shape index (κ2) is 7.79. The lowest BCUT2D eigenvalue weighted by atomic mass is 10.3. The first-order chi connectivity index (χ1) is 12.1. The number of benzene rings is 1. The third-order valence-electron chi connectivity index (χ3n) is 3.71. The van der Waals surface area contributed by atoms with E-state index in [9.17, 15) is 8.42 Å². The molecule has 0 unspecified atom stereocenters. The van der Waals surface area contributed by atoms with E-state index in [0.29, 0.717) is 17.1 Å². The Morgan fingerprint density at radius 2 is 1.88 bits per heavy atom. The molecule has 0 aliphatic rings. The highest BCUT2D eigenvalue weighted by Crippen LogP contribution is 2.21. The van der Waals surface area contributed by atoms with Crippen LogP contribution in [0.5, 0.6) is 0 Å². The molecular formula is C17H18N4O2S2. The summed E-state index contributed by atoms with van der Waals surface area (Å²) in [6, 6.07) is 12.4. The molecular weight excluding hydrogens is 356 g/mol. The summed E-state index contributed by atoms with van der Waals surface area (Å²) in [4.78, 5) is 4.42. The van der Waals surface area contributed by atoms with E-state index in [1.165, 1.54) is 0 Å². The van der Waals surface area contributed by atoms with Gasteiger partial charge < -0.3 is 4.57 Å². The van der Waals surface area contributed by atoms with Crippen molar-refractivity contribution in [2.45, 2.75) is 22.2 Å². The topological polar surface area (TPSA) is 77.7 Å². The van der Waals surface area contributed by atoms with Crippen LogP contribution in [0.1, 0.15) is 11.4 Å². The van der Waals surface area contributed by atoms with E-state index in [4.69, 9.17) is 0 Å². The van der Waals surface area contributed by atoms with Gasteiger partial charge in [-0.05, 0) is 23.8 Å². The first-order valence-electron chi connectivity index (χ1n) is 7.74. The maximum atomic E-state index is 12.4. The van der Waals surface area contributed by atoms with Gasteiger partial charge in [0.05, 0.1) is 10.6 Å². The second-order valence-electron chi connectivity index (χ2n) is 5.49. The number of thioether (sulfide) groups is 1. The van der Waals surface area contributed by atoms with E-state index >= 15 is 0 Å². The molecule has 0 aliphatic carbocycles. The first kappa shape index (κ1) is 17.6. The molecule has 2 heterocycles. The maximum absolute atomic E-state index is 12.4. The van der Waals surface area contributed by atoms with Gasteiger partial charge in [0.15, 0.2) is 15.0 Å². The Hall–Kier alpha value is -2.19. The Labute approximate surface area is 151 Å². The van der Waals surface area contributed by atoms with E-state index in [0.717, 1.165) is 16.5 Å². The van der Waals surface area contributed by atoms with Gasteiger partial charge in [-0.1, -0.05) is 36.0 Å². The summed E-state index contributed by atoms with van der Waals surface area (Å²) in [6.45, 7) is 0. The van der Waals surface area contributed by atoms with Crippen LogP contribution in [0, 0.1) is 0 Å². The minimum absolute atomic E-state index is 0.0102. The summed E-state index contributed by atoms with van der Waals surface area (Å²) < 4.78 is 26.6. The van der Waals surface area contributed by atoms with Crippen molar-refractivity contribution in [3.8, 4) is 0 Å². The van der Waals surface area contributed by atoms with Gasteiger partial charge in [0.25, 0.3) is 0 Å². The fourth-order valence-electron chi connectivity index (χ4n) is 2.29. The van der Waals surface area contributed by atoms with Crippen molar-refractivity contribution in [3.63, 3.8) is 0 Å². The van der Waals surface area contributed by atoms with Crippen LogP contribution in [-0.4, -0.2) is 33.9 Å². The lowest BCUT2D eigenvalue weighted by molar-refractivity contribution is 0.593. The van der Waals surface area contributed by atoms with E-state index in [1.807, 2.05) is 29.9 Å². The minimum atomic E-state index is -3.32. The molecule has 0 saturated heterocycles. The summed E-state index contributed by atoms with van der Waals surface area (Å²) in [7, 11) is -1.46. The first-order valence-corrected chi connectivity index (χ1v) is 10.4. The van der Waals surface area contributed by atoms with Crippen LogP contribution >= 0.6 is 11.8 Å². The lowest BCUT2D eigenvalue weighted by Gasteiger charge is -2.05. The third kappa shape index (κ3) is 4.46. The van der Waals surface area contributed by atoms with Crippen molar-refractivity contribution in [1.82, 2.24) is 19.7 Å². The van der Waals surface area contributed by atoms with E-state index in [1.54, 1.807) is 48.3 Å². The molecule has 25 heavy (non-hydrogen) atoms. The van der Waals surface area contributed by atoms with Gasteiger partial charge >= 0.3 is 0 Å². The number of nitrogens with zero attached hydrogens (tertiary/aromatic N) is 4. The molecule has 3 rings (SSSR count). The zero-order valence-electron chi connectivity index (χ0n) is 13.7. The summed E-state index contributed by atoms with van der Waals surface area (Å²) in [5.41, 5.74) is 1.10. The molecule has 1 aromatic carbocycles. The third-order valence-corrected chi connectivity index (χ3v) is 6.54. The van der Waals surface area contributed by atoms with Gasteiger partial charge in [-0.3, -0.25) is 4.98 Å². The molecule has 0 fully saturated rings. The molecule has 3 aromatic rings. The molecule has 6 nitrogen and oxygen atoms in total. The molecule has 130 valence electrons. The number of rotatable bonds is 7. The fraction of sp³-hybridized carbons (Fsp3) is 0.235. The largest absolute Gasteiger partial charge is 0.309 e. The van der Waals surface area contributed by atoms with Gasteiger partial charge in [0.2, 0.25) is 0 Å². The highest BCUT2D eigenvalue weighted by atomic mass is 32.2. The van der Waals surface area contributed by atoms with Crippen LogP contribution in [0.25, 0.3) is 0 Å².